The van der Waals surface area contributed by atoms with Crippen molar-refractivity contribution in [1.82, 2.24) is 9.88 Å². The average Bonchev–Trinajstić information content (AvgIpc) is 3.22. The van der Waals surface area contributed by atoms with Crippen LogP contribution in [0.25, 0.3) is 0 Å². The maximum atomic E-state index is 10.9. The predicted molar refractivity (Wildman–Crippen MR) is 69.0 cm³/mol. The van der Waals surface area contributed by atoms with Crippen LogP contribution >= 0.6 is 0 Å². The number of nitrogens with zero attached hydrogens (tertiary/aromatic N) is 3. The largest absolute Gasteiger partial charge is 0.478 e. The Hall–Kier alpha value is -2.22. The topological polar surface area (TPSA) is 106 Å². The highest BCUT2D eigenvalue weighted by Crippen LogP contribution is 2.26. The number of carbonyl (C=O) groups is 1. The average molecular weight is 281 g/mol. The first kappa shape index (κ1) is 14.2. The van der Waals surface area contributed by atoms with Gasteiger partial charge in [0.1, 0.15) is 6.61 Å². The van der Waals surface area contributed by atoms with Crippen molar-refractivity contribution < 1.29 is 19.6 Å². The first-order chi connectivity index (χ1) is 9.49. The number of hydrogen-bond acceptors (Lipinski definition) is 6. The molecule has 0 saturated heterocycles. The van der Waals surface area contributed by atoms with Crippen molar-refractivity contribution in [1.29, 1.82) is 0 Å². The molecule has 20 heavy (non-hydrogen) atoms. The van der Waals surface area contributed by atoms with E-state index >= 15 is 0 Å². The van der Waals surface area contributed by atoms with Crippen molar-refractivity contribution in [3.63, 3.8) is 0 Å². The first-order valence-electron chi connectivity index (χ1n) is 6.20. The van der Waals surface area contributed by atoms with E-state index < -0.39 is 16.6 Å². The summed E-state index contributed by atoms with van der Waals surface area (Å²) in [7, 11) is 1.97. The Balaban J connectivity index is 2.02. The summed E-state index contributed by atoms with van der Waals surface area (Å²) in [6.45, 7) is 0.914. The fourth-order valence-corrected chi connectivity index (χ4v) is 1.78. The molecule has 108 valence electrons. The van der Waals surface area contributed by atoms with E-state index in [4.69, 9.17) is 9.84 Å². The van der Waals surface area contributed by atoms with Crippen molar-refractivity contribution in [2.45, 2.75) is 18.9 Å². The zero-order chi connectivity index (χ0) is 14.7. The number of aromatic nitrogens is 1. The Kier molecular flexibility index (Phi) is 4.14. The van der Waals surface area contributed by atoms with E-state index in [9.17, 15) is 14.9 Å². The molecule has 0 atom stereocenters. The van der Waals surface area contributed by atoms with Crippen LogP contribution in [-0.4, -0.2) is 52.1 Å². The predicted octanol–water partition coefficient (Wildman–Crippen LogP) is 1.16. The number of rotatable bonds is 7. The molecule has 0 spiro atoms. The van der Waals surface area contributed by atoms with E-state index in [0.717, 1.165) is 12.3 Å². The van der Waals surface area contributed by atoms with Crippen molar-refractivity contribution in [2.24, 2.45) is 0 Å². The van der Waals surface area contributed by atoms with Crippen molar-refractivity contribution >= 4 is 11.7 Å². The van der Waals surface area contributed by atoms with Gasteiger partial charge in [0.15, 0.2) is 0 Å². The van der Waals surface area contributed by atoms with Crippen molar-refractivity contribution in [2.75, 3.05) is 20.2 Å². The molecular weight excluding hydrogens is 266 g/mol. The number of hydrogen-bond donors (Lipinski definition) is 1. The lowest BCUT2D eigenvalue weighted by molar-refractivity contribution is -0.386. The maximum absolute atomic E-state index is 10.9. The molecule has 0 amide bonds. The molecule has 8 heteroatoms. The second-order valence-electron chi connectivity index (χ2n) is 4.67. The van der Waals surface area contributed by atoms with Gasteiger partial charge >= 0.3 is 11.7 Å². The number of ether oxygens (including phenoxy) is 1. The molecule has 1 aliphatic rings. The molecule has 0 unspecified atom stereocenters. The minimum atomic E-state index is -1.26. The summed E-state index contributed by atoms with van der Waals surface area (Å²) in [6.07, 6.45) is 3.39. The van der Waals surface area contributed by atoms with E-state index in [-0.39, 0.29) is 18.1 Å². The zero-order valence-electron chi connectivity index (χ0n) is 11.0. The van der Waals surface area contributed by atoms with Crippen LogP contribution in [0.3, 0.4) is 0 Å². The SMILES string of the molecule is CN(CCOc1ncc(C(=O)O)cc1[N+](=O)[O-])C1CC1. The van der Waals surface area contributed by atoms with Crippen LogP contribution in [0.1, 0.15) is 23.2 Å². The van der Waals surface area contributed by atoms with Gasteiger partial charge in [-0.05, 0) is 19.9 Å². The molecule has 0 bridgehead atoms. The number of pyridine rings is 1. The lowest BCUT2D eigenvalue weighted by Gasteiger charge is -2.15. The number of aromatic carboxylic acids is 1. The van der Waals surface area contributed by atoms with E-state index in [1.54, 1.807) is 0 Å². The Morgan fingerprint density at radius 3 is 2.90 bits per heavy atom. The molecule has 0 aromatic carbocycles. The van der Waals surface area contributed by atoms with E-state index in [1.165, 1.54) is 12.8 Å². The Morgan fingerprint density at radius 2 is 2.35 bits per heavy atom. The Labute approximate surface area is 115 Å². The number of carboxylic acids is 1. The number of nitro groups is 1. The van der Waals surface area contributed by atoms with Gasteiger partial charge in [-0.3, -0.25) is 10.1 Å². The van der Waals surface area contributed by atoms with Gasteiger partial charge in [0.25, 0.3) is 5.88 Å². The van der Waals surface area contributed by atoms with E-state index in [2.05, 4.69) is 9.88 Å². The maximum Gasteiger partial charge on any atom is 0.337 e. The second-order valence-corrected chi connectivity index (χ2v) is 4.67. The molecule has 2 rings (SSSR count). The van der Waals surface area contributed by atoms with Gasteiger partial charge < -0.3 is 14.7 Å². The summed E-state index contributed by atoms with van der Waals surface area (Å²) in [6, 6.07) is 1.53. The molecule has 1 fully saturated rings. The Morgan fingerprint density at radius 1 is 1.65 bits per heavy atom. The smallest absolute Gasteiger partial charge is 0.337 e. The number of likely N-dealkylation sites (N-methyl/N-ethyl adjacent to an activating group) is 1. The third-order valence-electron chi connectivity index (χ3n) is 3.13. The molecule has 1 heterocycles. The minimum absolute atomic E-state index is 0.149. The standard InChI is InChI=1S/C12H15N3O5/c1-14(9-2-3-9)4-5-20-11-10(15(18)19)6-8(7-13-11)12(16)17/h6-7,9H,2-5H2,1H3,(H,16,17). The third-order valence-corrected chi connectivity index (χ3v) is 3.13. The van der Waals surface area contributed by atoms with Gasteiger partial charge in [0, 0.05) is 24.8 Å². The van der Waals surface area contributed by atoms with Crippen LogP contribution in [0, 0.1) is 10.1 Å². The first-order valence-corrected chi connectivity index (χ1v) is 6.20. The Bertz CT molecular complexity index is 530. The molecule has 8 nitrogen and oxygen atoms in total. The summed E-state index contributed by atoms with van der Waals surface area (Å²) < 4.78 is 5.29. The van der Waals surface area contributed by atoms with Gasteiger partial charge in [0.05, 0.1) is 10.5 Å². The second kappa shape index (κ2) is 5.83. The molecule has 1 aromatic rings. The monoisotopic (exact) mass is 281 g/mol. The van der Waals surface area contributed by atoms with Gasteiger partial charge in [-0.1, -0.05) is 0 Å². The van der Waals surface area contributed by atoms with E-state index in [1.807, 2.05) is 7.05 Å². The molecule has 1 aliphatic carbocycles. The zero-order valence-corrected chi connectivity index (χ0v) is 11.0. The highest BCUT2D eigenvalue weighted by atomic mass is 16.6. The van der Waals surface area contributed by atoms with Gasteiger partial charge in [0.2, 0.25) is 0 Å². The summed E-state index contributed by atoms with van der Waals surface area (Å²) >= 11 is 0. The molecule has 1 N–H and O–H groups in total. The van der Waals surface area contributed by atoms with Crippen LogP contribution in [0.15, 0.2) is 12.3 Å². The fraction of sp³-hybridized carbons (Fsp3) is 0.500. The van der Waals surface area contributed by atoms with Crippen LogP contribution < -0.4 is 4.74 Å². The number of carboxylic acid groups (broad SMARTS) is 1. The quantitative estimate of drug-likeness (QED) is 0.590. The highest BCUT2D eigenvalue weighted by molar-refractivity contribution is 5.88. The van der Waals surface area contributed by atoms with Crippen LogP contribution in [0.5, 0.6) is 5.88 Å². The summed E-state index contributed by atoms with van der Waals surface area (Å²) in [5, 5.41) is 19.7. The van der Waals surface area contributed by atoms with Crippen molar-refractivity contribution in [3.8, 4) is 5.88 Å². The fourth-order valence-electron chi connectivity index (χ4n) is 1.78. The summed E-state index contributed by atoms with van der Waals surface area (Å²) in [5.74, 6) is -1.41. The van der Waals surface area contributed by atoms with Gasteiger partial charge in [-0.15, -0.1) is 0 Å². The normalized spacial score (nSPS) is 14.3. The lowest BCUT2D eigenvalue weighted by atomic mass is 10.2. The molecule has 1 aromatic heterocycles. The lowest BCUT2D eigenvalue weighted by Crippen LogP contribution is -2.26. The van der Waals surface area contributed by atoms with Crippen molar-refractivity contribution in [3.05, 3.63) is 27.9 Å². The van der Waals surface area contributed by atoms with Crippen LogP contribution in [0.4, 0.5) is 5.69 Å². The van der Waals surface area contributed by atoms with E-state index in [0.29, 0.717) is 12.6 Å². The van der Waals surface area contributed by atoms with Crippen LogP contribution in [-0.2, 0) is 0 Å². The molecule has 0 aliphatic heterocycles. The van der Waals surface area contributed by atoms with Gasteiger partial charge in [-0.25, -0.2) is 9.78 Å². The highest BCUT2D eigenvalue weighted by Gasteiger charge is 2.26. The van der Waals surface area contributed by atoms with Crippen LogP contribution in [0.2, 0.25) is 0 Å². The molecule has 1 saturated carbocycles. The van der Waals surface area contributed by atoms with Gasteiger partial charge in [-0.2, -0.15) is 0 Å². The minimum Gasteiger partial charge on any atom is -0.478 e. The third kappa shape index (κ3) is 3.41. The summed E-state index contributed by atoms with van der Waals surface area (Å²) in [5.41, 5.74) is -0.668. The molecular formula is C12H15N3O5. The molecule has 0 radical (unpaired) electrons. The summed E-state index contributed by atoms with van der Waals surface area (Å²) in [4.78, 5) is 26.8.